The van der Waals surface area contributed by atoms with E-state index in [-0.39, 0.29) is 5.69 Å². The molecule has 0 spiro atoms. The van der Waals surface area contributed by atoms with E-state index in [0.29, 0.717) is 28.5 Å². The van der Waals surface area contributed by atoms with Crippen LogP contribution in [0.2, 0.25) is 5.02 Å². The Morgan fingerprint density at radius 2 is 2.04 bits per heavy atom. The summed E-state index contributed by atoms with van der Waals surface area (Å²) in [5.41, 5.74) is 2.34. The summed E-state index contributed by atoms with van der Waals surface area (Å²) in [4.78, 5) is 14.0. The smallest absolute Gasteiger partial charge is 0.352 e. The van der Waals surface area contributed by atoms with E-state index < -0.39 is 5.97 Å². The van der Waals surface area contributed by atoms with Crippen LogP contribution in [0.1, 0.15) is 16.1 Å². The number of hydrogen-bond donors (Lipinski definition) is 2. The van der Waals surface area contributed by atoms with Crippen LogP contribution in [0.25, 0.3) is 21.9 Å². The largest absolute Gasteiger partial charge is 0.488 e. The van der Waals surface area contributed by atoms with Crippen molar-refractivity contribution in [3.05, 3.63) is 65.0 Å². The lowest BCUT2D eigenvalue weighted by Crippen LogP contribution is -1.95. The van der Waals surface area contributed by atoms with Gasteiger partial charge in [0.25, 0.3) is 0 Å². The lowest BCUT2D eigenvalue weighted by Gasteiger charge is -2.06. The summed E-state index contributed by atoms with van der Waals surface area (Å²) in [6, 6.07) is 12.5. The molecule has 2 aromatic heterocycles. The lowest BCUT2D eigenvalue weighted by atomic mass is 10.2. The van der Waals surface area contributed by atoms with E-state index in [1.807, 2.05) is 24.3 Å². The average molecular weight is 342 g/mol. The van der Waals surface area contributed by atoms with Crippen molar-refractivity contribution in [2.45, 2.75) is 6.61 Å². The maximum absolute atomic E-state index is 11.1. The van der Waals surface area contributed by atoms with Gasteiger partial charge in [0.1, 0.15) is 18.1 Å². The van der Waals surface area contributed by atoms with E-state index in [2.05, 4.69) is 4.98 Å². The van der Waals surface area contributed by atoms with Crippen LogP contribution in [0.3, 0.4) is 0 Å². The van der Waals surface area contributed by atoms with E-state index in [4.69, 9.17) is 25.9 Å². The number of furan rings is 1. The quantitative estimate of drug-likeness (QED) is 0.556. The molecule has 0 fully saturated rings. The molecule has 0 radical (unpaired) electrons. The second-order valence-electron chi connectivity index (χ2n) is 5.37. The summed E-state index contributed by atoms with van der Waals surface area (Å²) in [5, 5.41) is 11.3. The van der Waals surface area contributed by atoms with Crippen LogP contribution in [0.15, 0.2) is 53.1 Å². The molecular formula is C18H12ClNO4. The van der Waals surface area contributed by atoms with Gasteiger partial charge in [0.15, 0.2) is 5.58 Å². The molecule has 120 valence electrons. The minimum atomic E-state index is -1.01. The third kappa shape index (κ3) is 2.39. The molecule has 0 saturated heterocycles. The number of carboxylic acids is 1. The molecule has 0 unspecified atom stereocenters. The predicted molar refractivity (Wildman–Crippen MR) is 90.8 cm³/mol. The third-order valence-corrected chi connectivity index (χ3v) is 4.17. The van der Waals surface area contributed by atoms with E-state index in [0.717, 1.165) is 16.3 Å². The average Bonchev–Trinajstić information content (AvgIpc) is 3.18. The van der Waals surface area contributed by atoms with Gasteiger partial charge in [0.2, 0.25) is 0 Å². The zero-order valence-electron chi connectivity index (χ0n) is 12.4. The number of hydrogen-bond acceptors (Lipinski definition) is 3. The number of aromatic nitrogens is 1. The summed E-state index contributed by atoms with van der Waals surface area (Å²) in [6.45, 7) is 0.292. The molecule has 0 aliphatic carbocycles. The molecule has 0 aliphatic heterocycles. The van der Waals surface area contributed by atoms with Gasteiger partial charge in [-0.25, -0.2) is 4.79 Å². The number of ether oxygens (including phenoxy) is 1. The summed E-state index contributed by atoms with van der Waals surface area (Å²) in [7, 11) is 0. The van der Waals surface area contributed by atoms with Crippen molar-refractivity contribution in [1.29, 1.82) is 0 Å². The molecule has 4 rings (SSSR count). The number of nitrogens with one attached hydrogen (secondary N) is 1. The van der Waals surface area contributed by atoms with Crippen molar-refractivity contribution in [2.24, 2.45) is 0 Å². The molecule has 0 amide bonds. The van der Waals surface area contributed by atoms with Gasteiger partial charge in [-0.1, -0.05) is 29.8 Å². The fourth-order valence-corrected chi connectivity index (χ4v) is 2.93. The molecular weight excluding hydrogens is 330 g/mol. The molecule has 2 heterocycles. The Kier molecular flexibility index (Phi) is 3.43. The lowest BCUT2D eigenvalue weighted by molar-refractivity contribution is 0.0691. The van der Waals surface area contributed by atoms with Gasteiger partial charge in [-0.05, 0) is 24.3 Å². The third-order valence-electron chi connectivity index (χ3n) is 3.87. The van der Waals surface area contributed by atoms with Gasteiger partial charge in [-0.3, -0.25) is 0 Å². The van der Waals surface area contributed by atoms with Crippen molar-refractivity contribution in [2.75, 3.05) is 0 Å². The highest BCUT2D eigenvalue weighted by atomic mass is 35.5. The predicted octanol–water partition coefficient (Wildman–Crippen LogP) is 4.84. The van der Waals surface area contributed by atoms with Crippen molar-refractivity contribution in [1.82, 2.24) is 4.98 Å². The Morgan fingerprint density at radius 3 is 2.88 bits per heavy atom. The Morgan fingerprint density at radius 1 is 1.21 bits per heavy atom. The number of carbonyl (C=O) groups is 1. The monoisotopic (exact) mass is 341 g/mol. The zero-order valence-corrected chi connectivity index (χ0v) is 13.1. The summed E-state index contributed by atoms with van der Waals surface area (Å²) in [5.74, 6) is -0.403. The number of carboxylic acid groups (broad SMARTS) is 1. The normalized spacial score (nSPS) is 11.2. The maximum Gasteiger partial charge on any atom is 0.352 e. The Hall–Kier alpha value is -2.92. The molecule has 0 aliphatic rings. The number of benzene rings is 2. The Balaban J connectivity index is 1.67. The van der Waals surface area contributed by atoms with Crippen LogP contribution in [0.4, 0.5) is 0 Å². The second-order valence-corrected chi connectivity index (χ2v) is 5.78. The number of H-pyrrole nitrogens is 1. The molecule has 2 aromatic carbocycles. The molecule has 6 heteroatoms. The minimum Gasteiger partial charge on any atom is -0.488 e. The summed E-state index contributed by atoms with van der Waals surface area (Å²) < 4.78 is 11.4. The fraction of sp³-hybridized carbons (Fsp3) is 0.0556. The van der Waals surface area contributed by atoms with Gasteiger partial charge in [-0.2, -0.15) is 0 Å². The topological polar surface area (TPSA) is 75.5 Å². The molecule has 0 atom stereocenters. The van der Waals surface area contributed by atoms with Crippen molar-refractivity contribution in [3.8, 4) is 5.75 Å². The molecule has 2 N–H and O–H groups in total. The molecule has 4 aromatic rings. The number of aromatic amines is 1. The number of fused-ring (bicyclic) bond motifs is 2. The minimum absolute atomic E-state index is 0.126. The van der Waals surface area contributed by atoms with Gasteiger partial charge < -0.3 is 19.2 Å². The fourth-order valence-electron chi connectivity index (χ4n) is 2.71. The van der Waals surface area contributed by atoms with E-state index in [9.17, 15) is 4.79 Å². The van der Waals surface area contributed by atoms with Gasteiger partial charge in [-0.15, -0.1) is 0 Å². The zero-order chi connectivity index (χ0) is 16.7. The van der Waals surface area contributed by atoms with Crippen LogP contribution >= 0.6 is 11.6 Å². The van der Waals surface area contributed by atoms with Crippen molar-refractivity contribution >= 4 is 39.4 Å². The van der Waals surface area contributed by atoms with Crippen LogP contribution in [0, 0.1) is 0 Å². The first kappa shape index (κ1) is 14.7. The standard InChI is InChI=1S/C18H12ClNO4/c19-13-4-1-3-11-10(9-24-17(11)13)8-23-16-6-2-5-14-12(16)7-15(20-14)18(21)22/h1-7,9,20H,8H2,(H,21,22). The van der Waals surface area contributed by atoms with E-state index in [1.165, 1.54) is 0 Å². The highest BCUT2D eigenvalue weighted by Gasteiger charge is 2.13. The second kappa shape index (κ2) is 5.62. The molecule has 24 heavy (non-hydrogen) atoms. The van der Waals surface area contributed by atoms with Gasteiger partial charge in [0, 0.05) is 21.9 Å². The first-order valence-electron chi connectivity index (χ1n) is 7.26. The van der Waals surface area contributed by atoms with Crippen molar-refractivity contribution in [3.63, 3.8) is 0 Å². The number of halogens is 1. The summed E-state index contributed by atoms with van der Waals surface area (Å²) >= 11 is 6.10. The van der Waals surface area contributed by atoms with Crippen LogP contribution in [-0.4, -0.2) is 16.1 Å². The van der Waals surface area contributed by atoms with Crippen LogP contribution in [-0.2, 0) is 6.61 Å². The Bertz CT molecular complexity index is 1060. The van der Waals surface area contributed by atoms with E-state index in [1.54, 1.807) is 24.5 Å². The van der Waals surface area contributed by atoms with Crippen LogP contribution < -0.4 is 4.74 Å². The molecule has 0 bridgehead atoms. The van der Waals surface area contributed by atoms with Crippen molar-refractivity contribution < 1.29 is 19.1 Å². The first-order chi connectivity index (χ1) is 11.6. The number of rotatable bonds is 4. The number of para-hydroxylation sites is 1. The molecule has 5 nitrogen and oxygen atoms in total. The summed E-state index contributed by atoms with van der Waals surface area (Å²) in [6.07, 6.45) is 1.62. The highest BCUT2D eigenvalue weighted by Crippen LogP contribution is 2.30. The van der Waals surface area contributed by atoms with Gasteiger partial charge in [0.05, 0.1) is 11.3 Å². The first-order valence-corrected chi connectivity index (χ1v) is 7.63. The number of aromatic carboxylic acids is 1. The Labute approximate surface area is 141 Å². The highest BCUT2D eigenvalue weighted by molar-refractivity contribution is 6.34. The SMILES string of the molecule is O=C(O)c1cc2c(OCc3coc4c(Cl)cccc34)cccc2[nH]1. The molecule has 0 saturated carbocycles. The van der Waals surface area contributed by atoms with E-state index >= 15 is 0 Å². The van der Waals surface area contributed by atoms with Gasteiger partial charge >= 0.3 is 5.97 Å². The maximum atomic E-state index is 11.1. The van der Waals surface area contributed by atoms with Crippen LogP contribution in [0.5, 0.6) is 5.75 Å².